The van der Waals surface area contributed by atoms with Crippen molar-refractivity contribution in [3.8, 4) is 0 Å². The number of hydrogen-bond acceptors (Lipinski definition) is 3. The summed E-state index contributed by atoms with van der Waals surface area (Å²) in [5.74, 6) is 0.142. The average Bonchev–Trinajstić information content (AvgIpc) is 3.04. The molecular weight excluding hydrogens is 316 g/mol. The van der Waals surface area contributed by atoms with Crippen molar-refractivity contribution >= 4 is 22.8 Å². The van der Waals surface area contributed by atoms with E-state index in [1.54, 1.807) is 12.1 Å². The van der Waals surface area contributed by atoms with Crippen LogP contribution in [0.3, 0.4) is 0 Å². The number of carbonyl (C=O) groups excluding carboxylic acids is 2. The summed E-state index contributed by atoms with van der Waals surface area (Å²) in [6.07, 6.45) is 0. The number of nitrogens with zero attached hydrogens (tertiary/aromatic N) is 1. The number of rotatable bonds is 5. The molecule has 0 saturated carbocycles. The van der Waals surface area contributed by atoms with Gasteiger partial charge in [-0.15, -0.1) is 0 Å². The van der Waals surface area contributed by atoms with E-state index < -0.39 is 0 Å². The number of aryl methyl sites for hydroxylation is 1. The standard InChI is InChI=1S/C19H20N4O2/c1-12-6-5-7-14(10-12)19(25)20-11-17(24)21-13(2)18-22-15-8-3-4-9-16(15)23-18/h3-10,13H,11H2,1-2H3,(H,20,25)(H,21,24)(H,22,23)/t13-/m0/s1. The zero-order valence-electron chi connectivity index (χ0n) is 14.2. The summed E-state index contributed by atoms with van der Waals surface area (Å²) in [6, 6.07) is 14.6. The molecule has 128 valence electrons. The van der Waals surface area contributed by atoms with E-state index in [1.165, 1.54) is 0 Å². The Kier molecular flexibility index (Phi) is 4.79. The predicted octanol–water partition coefficient (Wildman–Crippen LogP) is 2.48. The number of aromatic amines is 1. The summed E-state index contributed by atoms with van der Waals surface area (Å²) in [5.41, 5.74) is 3.31. The van der Waals surface area contributed by atoms with Gasteiger partial charge in [0.1, 0.15) is 5.82 Å². The first-order chi connectivity index (χ1) is 12.0. The monoisotopic (exact) mass is 336 g/mol. The van der Waals surface area contributed by atoms with Crippen molar-refractivity contribution in [3.05, 3.63) is 65.5 Å². The van der Waals surface area contributed by atoms with Gasteiger partial charge in [0, 0.05) is 5.56 Å². The van der Waals surface area contributed by atoms with Gasteiger partial charge >= 0.3 is 0 Å². The van der Waals surface area contributed by atoms with Crippen LogP contribution in [0.5, 0.6) is 0 Å². The summed E-state index contributed by atoms with van der Waals surface area (Å²) >= 11 is 0. The molecule has 0 unspecified atom stereocenters. The molecule has 0 fully saturated rings. The quantitative estimate of drug-likeness (QED) is 0.669. The number of para-hydroxylation sites is 2. The second-order valence-corrected chi connectivity index (χ2v) is 5.98. The Hall–Kier alpha value is -3.15. The van der Waals surface area contributed by atoms with E-state index in [9.17, 15) is 9.59 Å². The third-order valence-corrected chi connectivity index (χ3v) is 3.89. The highest BCUT2D eigenvalue weighted by Crippen LogP contribution is 2.15. The molecule has 2 aromatic carbocycles. The van der Waals surface area contributed by atoms with Gasteiger partial charge in [0.2, 0.25) is 5.91 Å². The first-order valence-electron chi connectivity index (χ1n) is 8.12. The molecule has 0 bridgehead atoms. The minimum Gasteiger partial charge on any atom is -0.345 e. The van der Waals surface area contributed by atoms with Crippen LogP contribution in [0.25, 0.3) is 11.0 Å². The summed E-state index contributed by atoms with van der Waals surface area (Å²) in [6.45, 7) is 3.67. The molecule has 6 heteroatoms. The molecular formula is C19H20N4O2. The second-order valence-electron chi connectivity index (χ2n) is 5.98. The Labute approximate surface area is 145 Å². The van der Waals surface area contributed by atoms with Crippen LogP contribution in [0.15, 0.2) is 48.5 Å². The first kappa shape index (κ1) is 16.7. The fraction of sp³-hybridized carbons (Fsp3) is 0.211. The van der Waals surface area contributed by atoms with E-state index in [-0.39, 0.29) is 24.4 Å². The Morgan fingerprint density at radius 1 is 1.16 bits per heavy atom. The lowest BCUT2D eigenvalue weighted by Crippen LogP contribution is -2.38. The summed E-state index contributed by atoms with van der Waals surface area (Å²) in [7, 11) is 0. The molecule has 6 nitrogen and oxygen atoms in total. The van der Waals surface area contributed by atoms with E-state index in [0.29, 0.717) is 11.4 Å². The second kappa shape index (κ2) is 7.17. The van der Waals surface area contributed by atoms with E-state index in [0.717, 1.165) is 16.6 Å². The zero-order valence-corrected chi connectivity index (χ0v) is 14.2. The van der Waals surface area contributed by atoms with Crippen LogP contribution in [0.4, 0.5) is 0 Å². The molecule has 0 aliphatic carbocycles. The lowest BCUT2D eigenvalue weighted by molar-refractivity contribution is -0.120. The van der Waals surface area contributed by atoms with Crippen molar-refractivity contribution in [2.24, 2.45) is 0 Å². The number of hydrogen-bond donors (Lipinski definition) is 3. The number of benzene rings is 2. The number of carbonyl (C=O) groups is 2. The maximum atomic E-state index is 12.1. The van der Waals surface area contributed by atoms with Gasteiger partial charge in [0.25, 0.3) is 5.91 Å². The Bertz CT molecular complexity index is 883. The molecule has 2 amide bonds. The number of amides is 2. The topological polar surface area (TPSA) is 86.9 Å². The fourth-order valence-corrected chi connectivity index (χ4v) is 2.59. The van der Waals surface area contributed by atoms with Crippen molar-refractivity contribution in [1.82, 2.24) is 20.6 Å². The van der Waals surface area contributed by atoms with Crippen LogP contribution in [-0.2, 0) is 4.79 Å². The van der Waals surface area contributed by atoms with Crippen LogP contribution in [0, 0.1) is 6.92 Å². The van der Waals surface area contributed by atoms with Crippen molar-refractivity contribution in [3.63, 3.8) is 0 Å². The number of H-pyrrole nitrogens is 1. The molecule has 0 radical (unpaired) electrons. The Morgan fingerprint density at radius 3 is 2.72 bits per heavy atom. The molecule has 1 heterocycles. The fourth-order valence-electron chi connectivity index (χ4n) is 2.59. The molecule has 0 spiro atoms. The molecule has 0 aliphatic rings. The van der Waals surface area contributed by atoms with Gasteiger partial charge < -0.3 is 15.6 Å². The summed E-state index contributed by atoms with van der Waals surface area (Å²) < 4.78 is 0. The molecule has 3 aromatic rings. The Morgan fingerprint density at radius 2 is 1.96 bits per heavy atom. The molecule has 1 atom stereocenters. The van der Waals surface area contributed by atoms with Crippen LogP contribution in [-0.4, -0.2) is 28.3 Å². The average molecular weight is 336 g/mol. The molecule has 3 N–H and O–H groups in total. The van der Waals surface area contributed by atoms with E-state index in [2.05, 4.69) is 20.6 Å². The van der Waals surface area contributed by atoms with Gasteiger partial charge in [0.05, 0.1) is 23.6 Å². The molecule has 0 aliphatic heterocycles. The van der Waals surface area contributed by atoms with Crippen molar-refractivity contribution in [2.45, 2.75) is 19.9 Å². The van der Waals surface area contributed by atoms with Gasteiger partial charge in [-0.1, -0.05) is 29.8 Å². The number of fused-ring (bicyclic) bond motifs is 1. The van der Waals surface area contributed by atoms with Gasteiger partial charge in [-0.2, -0.15) is 0 Å². The van der Waals surface area contributed by atoms with Crippen molar-refractivity contribution in [2.75, 3.05) is 6.54 Å². The SMILES string of the molecule is Cc1cccc(C(=O)NCC(=O)N[C@@H](C)c2nc3ccccc3[nH]2)c1. The number of imidazole rings is 1. The third-order valence-electron chi connectivity index (χ3n) is 3.89. The predicted molar refractivity (Wildman–Crippen MR) is 96.2 cm³/mol. The third kappa shape index (κ3) is 4.03. The highest BCUT2D eigenvalue weighted by atomic mass is 16.2. The molecule has 0 saturated heterocycles. The van der Waals surface area contributed by atoms with E-state index in [4.69, 9.17) is 0 Å². The highest BCUT2D eigenvalue weighted by molar-refractivity contribution is 5.96. The van der Waals surface area contributed by atoms with Gasteiger partial charge in [-0.25, -0.2) is 4.98 Å². The lowest BCUT2D eigenvalue weighted by atomic mass is 10.1. The van der Waals surface area contributed by atoms with Crippen LogP contribution < -0.4 is 10.6 Å². The zero-order chi connectivity index (χ0) is 17.8. The Balaban J connectivity index is 1.55. The van der Waals surface area contributed by atoms with Crippen LogP contribution in [0.1, 0.15) is 34.7 Å². The van der Waals surface area contributed by atoms with E-state index >= 15 is 0 Å². The van der Waals surface area contributed by atoms with Gasteiger partial charge in [-0.05, 0) is 38.1 Å². The first-order valence-corrected chi connectivity index (χ1v) is 8.12. The molecule has 3 rings (SSSR count). The van der Waals surface area contributed by atoms with Crippen molar-refractivity contribution < 1.29 is 9.59 Å². The van der Waals surface area contributed by atoms with Crippen LogP contribution >= 0.6 is 0 Å². The minimum atomic E-state index is -0.282. The normalized spacial score (nSPS) is 11.9. The maximum absolute atomic E-state index is 12.1. The van der Waals surface area contributed by atoms with Crippen LogP contribution in [0.2, 0.25) is 0 Å². The minimum absolute atomic E-state index is 0.0860. The summed E-state index contributed by atoms with van der Waals surface area (Å²) in [5, 5.41) is 5.46. The van der Waals surface area contributed by atoms with Gasteiger partial charge in [0.15, 0.2) is 0 Å². The van der Waals surface area contributed by atoms with Gasteiger partial charge in [-0.3, -0.25) is 9.59 Å². The number of aromatic nitrogens is 2. The lowest BCUT2D eigenvalue weighted by Gasteiger charge is -2.12. The largest absolute Gasteiger partial charge is 0.345 e. The number of nitrogens with one attached hydrogen (secondary N) is 3. The molecule has 25 heavy (non-hydrogen) atoms. The molecule has 1 aromatic heterocycles. The van der Waals surface area contributed by atoms with Crippen molar-refractivity contribution in [1.29, 1.82) is 0 Å². The summed E-state index contributed by atoms with van der Waals surface area (Å²) in [4.78, 5) is 31.8. The van der Waals surface area contributed by atoms with E-state index in [1.807, 2.05) is 50.2 Å². The highest BCUT2D eigenvalue weighted by Gasteiger charge is 2.14. The maximum Gasteiger partial charge on any atom is 0.251 e. The smallest absolute Gasteiger partial charge is 0.251 e.